The van der Waals surface area contributed by atoms with E-state index < -0.39 is 5.72 Å². The number of aryl methyl sites for hydroxylation is 1. The van der Waals surface area contributed by atoms with E-state index in [4.69, 9.17) is 0 Å². The predicted molar refractivity (Wildman–Crippen MR) is 92.8 cm³/mol. The van der Waals surface area contributed by atoms with Gasteiger partial charge in [-0.15, -0.1) is 0 Å². The zero-order chi connectivity index (χ0) is 16.7. The van der Waals surface area contributed by atoms with Gasteiger partial charge in [0.05, 0.1) is 6.54 Å². The molecule has 0 bridgehead atoms. The van der Waals surface area contributed by atoms with Crippen molar-refractivity contribution in [1.82, 2.24) is 0 Å². The molecule has 24 heavy (non-hydrogen) atoms. The lowest BCUT2D eigenvalue weighted by Gasteiger charge is -2.24. The molecule has 0 spiro atoms. The van der Waals surface area contributed by atoms with Crippen molar-refractivity contribution in [3.05, 3.63) is 65.5 Å². The summed E-state index contributed by atoms with van der Waals surface area (Å²) in [7, 11) is 0. The first-order valence-electron chi connectivity index (χ1n) is 8.54. The van der Waals surface area contributed by atoms with Crippen molar-refractivity contribution in [2.75, 3.05) is 18.0 Å². The summed E-state index contributed by atoms with van der Waals surface area (Å²) in [6.07, 6.45) is 3.15. The minimum absolute atomic E-state index is 0.279. The zero-order valence-corrected chi connectivity index (χ0v) is 13.9. The fourth-order valence-electron chi connectivity index (χ4n) is 3.82. The van der Waals surface area contributed by atoms with E-state index in [2.05, 4.69) is 40.7 Å². The average Bonchev–Trinajstić information content (AvgIpc) is 2.91. The molecule has 4 rings (SSSR count). The number of benzene rings is 2. The van der Waals surface area contributed by atoms with Crippen LogP contribution in [-0.4, -0.2) is 28.6 Å². The van der Waals surface area contributed by atoms with E-state index in [9.17, 15) is 9.50 Å². The van der Waals surface area contributed by atoms with Gasteiger partial charge in [0, 0.05) is 12.0 Å². The topological polar surface area (TPSA) is 26.5 Å². The average molecular weight is 325 g/mol. The second-order valence-electron chi connectivity index (χ2n) is 6.77. The highest BCUT2D eigenvalue weighted by atomic mass is 19.1. The monoisotopic (exact) mass is 325 g/mol. The lowest BCUT2D eigenvalue weighted by atomic mass is 10.0. The first kappa shape index (κ1) is 15.3. The van der Waals surface area contributed by atoms with E-state index in [1.54, 1.807) is 12.1 Å². The molecule has 4 heteroatoms. The van der Waals surface area contributed by atoms with Crippen LogP contribution < -0.4 is 4.90 Å². The van der Waals surface area contributed by atoms with Crippen LogP contribution in [0.15, 0.2) is 48.5 Å². The normalized spacial score (nSPS) is 23.5. The van der Waals surface area contributed by atoms with Gasteiger partial charge >= 0.3 is 0 Å². The Kier molecular flexibility index (Phi) is 3.65. The van der Waals surface area contributed by atoms with Crippen molar-refractivity contribution in [3.63, 3.8) is 0 Å². The smallest absolute Gasteiger partial charge is 0.271 e. The van der Waals surface area contributed by atoms with Crippen molar-refractivity contribution >= 4 is 11.5 Å². The van der Waals surface area contributed by atoms with E-state index in [1.807, 2.05) is 0 Å². The minimum atomic E-state index is -1.10. The van der Waals surface area contributed by atoms with E-state index in [0.717, 1.165) is 42.9 Å². The molecule has 1 atom stereocenters. The van der Waals surface area contributed by atoms with Gasteiger partial charge in [-0.2, -0.15) is 0 Å². The zero-order valence-electron chi connectivity index (χ0n) is 13.9. The third-order valence-electron chi connectivity index (χ3n) is 5.13. The fraction of sp³-hybridized carbons (Fsp3) is 0.350. The van der Waals surface area contributed by atoms with Gasteiger partial charge in [0.2, 0.25) is 0 Å². The van der Waals surface area contributed by atoms with Gasteiger partial charge in [0.1, 0.15) is 11.5 Å². The van der Waals surface area contributed by atoms with Gasteiger partial charge in [-0.05, 0) is 56.2 Å². The highest BCUT2D eigenvalue weighted by Crippen LogP contribution is 2.35. The Morgan fingerprint density at radius 1 is 1.04 bits per heavy atom. The van der Waals surface area contributed by atoms with Crippen LogP contribution in [-0.2, 0) is 5.72 Å². The molecule has 2 heterocycles. The molecule has 0 aliphatic carbocycles. The number of rotatable bonds is 2. The number of amidine groups is 1. The summed E-state index contributed by atoms with van der Waals surface area (Å²) >= 11 is 0. The molecule has 2 aromatic carbocycles. The second-order valence-corrected chi connectivity index (χ2v) is 6.77. The quantitative estimate of drug-likeness (QED) is 0.857. The summed E-state index contributed by atoms with van der Waals surface area (Å²) in [4.78, 5) is 2.21. The van der Waals surface area contributed by atoms with Gasteiger partial charge in [0.15, 0.2) is 6.54 Å². The molecule has 0 aromatic heterocycles. The Balaban J connectivity index is 1.78. The number of halogens is 1. The van der Waals surface area contributed by atoms with Crippen LogP contribution in [0.2, 0.25) is 0 Å². The first-order valence-corrected chi connectivity index (χ1v) is 8.54. The standard InChI is InChI=1S/C20H22FN2O/c1-15-5-11-18(12-6-15)22-14-20(24,16-7-9-17(21)10-8-16)23-13-3-2-4-19(22)23/h5-12,24H,2-4,13-14H2,1H3/q+1. The largest absolute Gasteiger partial charge is 0.346 e. The van der Waals surface area contributed by atoms with Crippen LogP contribution in [0.3, 0.4) is 0 Å². The highest BCUT2D eigenvalue weighted by molar-refractivity contribution is 5.96. The molecule has 0 fully saturated rings. The Morgan fingerprint density at radius 2 is 1.75 bits per heavy atom. The minimum Gasteiger partial charge on any atom is -0.346 e. The first-order chi connectivity index (χ1) is 11.6. The number of aliphatic hydroxyl groups is 1. The Labute approximate surface area is 141 Å². The van der Waals surface area contributed by atoms with Gasteiger partial charge in [-0.3, -0.25) is 0 Å². The number of nitrogens with zero attached hydrogens (tertiary/aromatic N) is 2. The number of hydrogen-bond acceptors (Lipinski definition) is 2. The molecule has 0 radical (unpaired) electrons. The van der Waals surface area contributed by atoms with Gasteiger partial charge in [-0.25, -0.2) is 13.9 Å². The molecule has 1 unspecified atom stereocenters. The molecule has 0 saturated heterocycles. The maximum atomic E-state index is 13.3. The van der Waals surface area contributed by atoms with Crippen molar-refractivity contribution in [1.29, 1.82) is 0 Å². The predicted octanol–water partition coefficient (Wildman–Crippen LogP) is 3.39. The molecule has 3 nitrogen and oxygen atoms in total. The lowest BCUT2D eigenvalue weighted by molar-refractivity contribution is -0.661. The highest BCUT2D eigenvalue weighted by Gasteiger charge is 2.52. The van der Waals surface area contributed by atoms with Crippen LogP contribution >= 0.6 is 0 Å². The Hall–Kier alpha value is -2.20. The number of β-amino-alcohol motifs (C(OH)–C–C–N with tert-alkyl or cyclic N) is 1. The number of hydrogen-bond donors (Lipinski definition) is 1. The van der Waals surface area contributed by atoms with Crippen molar-refractivity contribution in [2.24, 2.45) is 0 Å². The maximum Gasteiger partial charge on any atom is 0.271 e. The summed E-state index contributed by atoms with van der Waals surface area (Å²) in [6, 6.07) is 14.6. The van der Waals surface area contributed by atoms with E-state index in [-0.39, 0.29) is 5.82 Å². The van der Waals surface area contributed by atoms with Crippen molar-refractivity contribution < 1.29 is 14.1 Å². The fourth-order valence-corrected chi connectivity index (χ4v) is 3.82. The summed E-state index contributed by atoms with van der Waals surface area (Å²) in [5.41, 5.74) is 1.96. The van der Waals surface area contributed by atoms with Crippen molar-refractivity contribution in [3.8, 4) is 0 Å². The summed E-state index contributed by atoms with van der Waals surface area (Å²) in [5.74, 6) is 0.885. The molecule has 2 aliphatic heterocycles. The summed E-state index contributed by atoms with van der Waals surface area (Å²) in [6.45, 7) is 3.37. The van der Waals surface area contributed by atoms with E-state index >= 15 is 0 Å². The second kappa shape index (κ2) is 5.71. The van der Waals surface area contributed by atoms with Crippen LogP contribution in [0.5, 0.6) is 0 Å². The Bertz CT molecular complexity index is 782. The van der Waals surface area contributed by atoms with Crippen LogP contribution in [0.25, 0.3) is 0 Å². The molecule has 2 aliphatic rings. The van der Waals surface area contributed by atoms with E-state index in [1.165, 1.54) is 17.7 Å². The Morgan fingerprint density at radius 3 is 2.46 bits per heavy atom. The molecule has 1 N–H and O–H groups in total. The van der Waals surface area contributed by atoms with E-state index in [0.29, 0.717) is 6.54 Å². The van der Waals surface area contributed by atoms with Crippen LogP contribution in [0, 0.1) is 12.7 Å². The summed E-state index contributed by atoms with van der Waals surface area (Å²) in [5, 5.41) is 11.5. The van der Waals surface area contributed by atoms with Gasteiger partial charge < -0.3 is 5.11 Å². The molecule has 0 amide bonds. The molecule has 0 saturated carbocycles. The third-order valence-corrected chi connectivity index (χ3v) is 5.13. The maximum absolute atomic E-state index is 13.3. The molecule has 124 valence electrons. The lowest BCUT2D eigenvalue weighted by Crippen LogP contribution is -2.41. The molecule has 2 aromatic rings. The third kappa shape index (κ3) is 2.42. The molecular weight excluding hydrogens is 303 g/mol. The summed E-state index contributed by atoms with van der Waals surface area (Å²) < 4.78 is 15.4. The van der Waals surface area contributed by atoms with Crippen molar-refractivity contribution in [2.45, 2.75) is 31.9 Å². The van der Waals surface area contributed by atoms with Gasteiger partial charge in [-0.1, -0.05) is 17.7 Å². The van der Waals surface area contributed by atoms with Crippen LogP contribution in [0.4, 0.5) is 10.1 Å². The molecular formula is C20H22FN2O+. The SMILES string of the molecule is Cc1ccc(N2CC(O)(c3ccc(F)cc3)[N+]3=C2CCCC3)cc1. The van der Waals surface area contributed by atoms with Gasteiger partial charge in [0.25, 0.3) is 11.6 Å². The number of anilines is 1. The van der Waals surface area contributed by atoms with Crippen LogP contribution in [0.1, 0.15) is 30.4 Å².